The van der Waals surface area contributed by atoms with Gasteiger partial charge in [-0.3, -0.25) is 0 Å². The van der Waals surface area contributed by atoms with Gasteiger partial charge in [-0.25, -0.2) is 0 Å². The Kier molecular flexibility index (Phi) is 2.32. The summed E-state index contributed by atoms with van der Waals surface area (Å²) in [5.41, 5.74) is 3.55. The number of anilines is 1. The molecule has 1 nitrogen and oxygen atoms in total. The molecule has 0 saturated heterocycles. The van der Waals surface area contributed by atoms with Crippen LogP contribution < -0.4 is 5.32 Å². The van der Waals surface area contributed by atoms with Crippen LogP contribution in [0.2, 0.25) is 0 Å². The van der Waals surface area contributed by atoms with Crippen LogP contribution in [0.5, 0.6) is 0 Å². The molecule has 0 amide bonds. The fraction of sp³-hybridized carbons (Fsp3) is 0.200. The Morgan fingerprint density at radius 3 is 2.73 bits per heavy atom. The zero-order chi connectivity index (χ0) is 8.27. The summed E-state index contributed by atoms with van der Waals surface area (Å²) in [5.74, 6) is 0. The third-order valence-corrected chi connectivity index (χ3v) is 1.70. The third kappa shape index (κ3) is 1.61. The first kappa shape index (κ1) is 7.86. The molecule has 0 aromatic heterocycles. The normalized spacial score (nSPS) is 9.27. The first-order valence-corrected chi connectivity index (χ1v) is 3.68. The van der Waals surface area contributed by atoms with E-state index in [9.17, 15) is 0 Å². The van der Waals surface area contributed by atoms with Crippen LogP contribution in [0.1, 0.15) is 11.1 Å². The minimum Gasteiger partial charge on any atom is -0.388 e. The van der Waals surface area contributed by atoms with Gasteiger partial charge in [0.2, 0.25) is 0 Å². The lowest BCUT2D eigenvalue weighted by Gasteiger charge is -2.05. The van der Waals surface area contributed by atoms with Crippen LogP contribution >= 0.6 is 0 Å². The molecule has 58 valence electrons. The minimum atomic E-state index is 1.13. The summed E-state index contributed by atoms with van der Waals surface area (Å²) in [6, 6.07) is 6.25. The van der Waals surface area contributed by atoms with Crippen LogP contribution in [-0.4, -0.2) is 7.05 Å². The van der Waals surface area contributed by atoms with E-state index in [0.717, 1.165) is 11.3 Å². The van der Waals surface area contributed by atoms with E-state index >= 15 is 0 Å². The molecule has 0 unspecified atom stereocenters. The highest BCUT2D eigenvalue weighted by Crippen LogP contribution is 2.17. The molecular formula is C10H13N. The summed E-state index contributed by atoms with van der Waals surface area (Å²) in [7, 11) is 1.91. The molecule has 0 spiro atoms. The number of hydrogen-bond acceptors (Lipinski definition) is 1. The number of aryl methyl sites for hydroxylation is 1. The average molecular weight is 147 g/mol. The lowest BCUT2D eigenvalue weighted by atomic mass is 10.1. The van der Waals surface area contributed by atoms with Crippen molar-refractivity contribution in [2.75, 3.05) is 12.4 Å². The van der Waals surface area contributed by atoms with Gasteiger partial charge < -0.3 is 5.32 Å². The predicted octanol–water partition coefficient (Wildman–Crippen LogP) is 2.68. The number of rotatable bonds is 2. The number of nitrogens with one attached hydrogen (secondary N) is 1. The second-order valence-corrected chi connectivity index (χ2v) is 2.54. The molecule has 1 rings (SSSR count). The van der Waals surface area contributed by atoms with Gasteiger partial charge in [0, 0.05) is 12.7 Å². The molecule has 0 heterocycles. The summed E-state index contributed by atoms with van der Waals surface area (Å²) in [6.07, 6.45) is 1.86. The summed E-state index contributed by atoms with van der Waals surface area (Å²) < 4.78 is 0. The SMILES string of the molecule is C=Cc1cc(C)ccc1NC. The molecular weight excluding hydrogens is 134 g/mol. The maximum atomic E-state index is 3.74. The quantitative estimate of drug-likeness (QED) is 0.678. The fourth-order valence-electron chi connectivity index (χ4n) is 1.08. The lowest BCUT2D eigenvalue weighted by Crippen LogP contribution is -1.91. The smallest absolute Gasteiger partial charge is 0.0411 e. The Morgan fingerprint density at radius 1 is 1.45 bits per heavy atom. The predicted molar refractivity (Wildman–Crippen MR) is 50.8 cm³/mol. The van der Waals surface area contributed by atoms with Crippen molar-refractivity contribution in [2.45, 2.75) is 6.92 Å². The van der Waals surface area contributed by atoms with Gasteiger partial charge in [-0.05, 0) is 24.6 Å². The van der Waals surface area contributed by atoms with Crippen molar-refractivity contribution in [3.05, 3.63) is 35.9 Å². The van der Waals surface area contributed by atoms with E-state index in [1.54, 1.807) is 0 Å². The molecule has 0 fully saturated rings. The van der Waals surface area contributed by atoms with Gasteiger partial charge in [-0.15, -0.1) is 0 Å². The largest absolute Gasteiger partial charge is 0.388 e. The van der Waals surface area contributed by atoms with Crippen molar-refractivity contribution >= 4 is 11.8 Å². The molecule has 0 aliphatic heterocycles. The zero-order valence-electron chi connectivity index (χ0n) is 7.02. The second-order valence-electron chi connectivity index (χ2n) is 2.54. The van der Waals surface area contributed by atoms with Crippen LogP contribution in [0.3, 0.4) is 0 Å². The molecule has 0 radical (unpaired) electrons. The second kappa shape index (κ2) is 3.24. The number of hydrogen-bond donors (Lipinski definition) is 1. The van der Waals surface area contributed by atoms with Crippen LogP contribution in [0.15, 0.2) is 24.8 Å². The van der Waals surface area contributed by atoms with Gasteiger partial charge in [-0.2, -0.15) is 0 Å². The van der Waals surface area contributed by atoms with Crippen LogP contribution in [0, 0.1) is 6.92 Å². The van der Waals surface area contributed by atoms with Gasteiger partial charge in [0.05, 0.1) is 0 Å². The van der Waals surface area contributed by atoms with E-state index in [1.165, 1.54) is 5.56 Å². The van der Waals surface area contributed by atoms with Crippen molar-refractivity contribution in [1.82, 2.24) is 0 Å². The van der Waals surface area contributed by atoms with E-state index in [0.29, 0.717) is 0 Å². The molecule has 0 aliphatic carbocycles. The molecule has 1 heteroatoms. The lowest BCUT2D eigenvalue weighted by molar-refractivity contribution is 1.42. The topological polar surface area (TPSA) is 12.0 Å². The zero-order valence-corrected chi connectivity index (χ0v) is 7.02. The van der Waals surface area contributed by atoms with Crippen molar-refractivity contribution in [1.29, 1.82) is 0 Å². The Balaban J connectivity index is 3.16. The first-order valence-electron chi connectivity index (χ1n) is 3.68. The Hall–Kier alpha value is -1.24. The Bertz CT molecular complexity index is 264. The molecule has 0 atom stereocenters. The highest BCUT2D eigenvalue weighted by atomic mass is 14.8. The Morgan fingerprint density at radius 2 is 2.18 bits per heavy atom. The van der Waals surface area contributed by atoms with Gasteiger partial charge >= 0.3 is 0 Å². The maximum absolute atomic E-state index is 3.74. The van der Waals surface area contributed by atoms with E-state index in [2.05, 4.69) is 37.0 Å². The first-order chi connectivity index (χ1) is 5.27. The van der Waals surface area contributed by atoms with Gasteiger partial charge in [0.15, 0.2) is 0 Å². The monoisotopic (exact) mass is 147 g/mol. The highest BCUT2D eigenvalue weighted by molar-refractivity contribution is 5.66. The third-order valence-electron chi connectivity index (χ3n) is 1.70. The standard InChI is InChI=1S/C10H13N/c1-4-9-7-8(2)5-6-10(9)11-3/h4-7,11H,1H2,2-3H3. The minimum absolute atomic E-state index is 1.13. The fourth-order valence-corrected chi connectivity index (χ4v) is 1.08. The van der Waals surface area contributed by atoms with Crippen LogP contribution in [0.4, 0.5) is 5.69 Å². The summed E-state index contributed by atoms with van der Waals surface area (Å²) in [4.78, 5) is 0. The van der Waals surface area contributed by atoms with Crippen LogP contribution in [-0.2, 0) is 0 Å². The summed E-state index contributed by atoms with van der Waals surface area (Å²) in [5, 5.41) is 3.10. The van der Waals surface area contributed by atoms with Crippen molar-refractivity contribution in [2.24, 2.45) is 0 Å². The molecule has 0 saturated carbocycles. The van der Waals surface area contributed by atoms with Gasteiger partial charge in [-0.1, -0.05) is 24.3 Å². The molecule has 0 bridgehead atoms. The van der Waals surface area contributed by atoms with Crippen LogP contribution in [0.25, 0.3) is 6.08 Å². The molecule has 1 aromatic carbocycles. The van der Waals surface area contributed by atoms with Crippen molar-refractivity contribution in [3.63, 3.8) is 0 Å². The molecule has 0 aliphatic rings. The van der Waals surface area contributed by atoms with E-state index < -0.39 is 0 Å². The maximum Gasteiger partial charge on any atom is 0.0411 e. The van der Waals surface area contributed by atoms with Crippen molar-refractivity contribution in [3.8, 4) is 0 Å². The number of benzene rings is 1. The summed E-state index contributed by atoms with van der Waals surface area (Å²) in [6.45, 7) is 5.82. The Labute approximate surface area is 67.8 Å². The molecule has 1 N–H and O–H groups in total. The molecule has 1 aromatic rings. The van der Waals surface area contributed by atoms with Gasteiger partial charge in [0.1, 0.15) is 0 Å². The van der Waals surface area contributed by atoms with Crippen molar-refractivity contribution < 1.29 is 0 Å². The molecule has 11 heavy (non-hydrogen) atoms. The summed E-state index contributed by atoms with van der Waals surface area (Å²) >= 11 is 0. The van der Waals surface area contributed by atoms with Gasteiger partial charge in [0.25, 0.3) is 0 Å². The van der Waals surface area contributed by atoms with E-state index in [4.69, 9.17) is 0 Å². The highest BCUT2D eigenvalue weighted by Gasteiger charge is 1.94. The van der Waals surface area contributed by atoms with E-state index in [1.807, 2.05) is 13.1 Å². The average Bonchev–Trinajstić information content (AvgIpc) is 2.04. The van der Waals surface area contributed by atoms with E-state index in [-0.39, 0.29) is 0 Å².